The Kier molecular flexibility index (Phi) is 8.64. The number of aliphatic hydroxyl groups excluding tert-OH is 1. The first-order chi connectivity index (χ1) is 17.3. The molecule has 7 nitrogen and oxygen atoms in total. The first-order valence-electron chi connectivity index (χ1n) is 13.2. The van der Waals surface area contributed by atoms with Crippen LogP contribution in [0.3, 0.4) is 0 Å². The minimum absolute atomic E-state index is 0.116. The molecule has 7 heteroatoms. The molecule has 1 aromatic rings. The van der Waals surface area contributed by atoms with E-state index in [4.69, 9.17) is 0 Å². The Hall–Kier alpha value is -2.90. The zero-order valence-corrected chi connectivity index (χ0v) is 21.7. The van der Waals surface area contributed by atoms with Crippen molar-refractivity contribution in [1.29, 1.82) is 0 Å². The van der Waals surface area contributed by atoms with Crippen LogP contribution in [0.5, 0.6) is 0 Å². The molecule has 3 aliphatic heterocycles. The average Bonchev–Trinajstić information content (AvgIpc) is 2.89. The number of β-amino-alcohol motifs (C(OH)–C–C–N with tert-alkyl or cyclic N) is 1. The van der Waals surface area contributed by atoms with E-state index in [1.807, 2.05) is 17.9 Å². The van der Waals surface area contributed by atoms with Gasteiger partial charge in [0.1, 0.15) is 0 Å². The van der Waals surface area contributed by atoms with Crippen molar-refractivity contribution in [3.63, 3.8) is 0 Å². The van der Waals surface area contributed by atoms with Crippen molar-refractivity contribution in [2.75, 3.05) is 45.8 Å². The molecular weight excluding hydrogens is 452 g/mol. The highest BCUT2D eigenvalue weighted by Gasteiger charge is 2.29. The van der Waals surface area contributed by atoms with Crippen LogP contribution in [0.4, 0.5) is 0 Å². The number of hydrogen-bond acceptors (Lipinski definition) is 5. The topological polar surface area (TPSA) is 67.3 Å². The Morgan fingerprint density at radius 2 is 1.78 bits per heavy atom. The Morgan fingerprint density at radius 3 is 2.50 bits per heavy atom. The van der Waals surface area contributed by atoms with Gasteiger partial charge in [0.05, 0.1) is 12.1 Å². The van der Waals surface area contributed by atoms with Crippen LogP contribution in [0, 0.1) is 0 Å². The van der Waals surface area contributed by atoms with E-state index in [9.17, 15) is 14.7 Å². The summed E-state index contributed by atoms with van der Waals surface area (Å²) < 4.78 is 0. The van der Waals surface area contributed by atoms with Crippen molar-refractivity contribution < 1.29 is 14.7 Å². The Labute approximate surface area is 215 Å². The smallest absolute Gasteiger partial charge is 0.253 e. The van der Waals surface area contributed by atoms with Gasteiger partial charge in [-0.15, -0.1) is 0 Å². The number of carbonyl (C=O) groups is 2. The fourth-order valence-electron chi connectivity index (χ4n) is 5.36. The molecular formula is C29H40N4O3. The summed E-state index contributed by atoms with van der Waals surface area (Å²) in [6.07, 6.45) is 7.99. The van der Waals surface area contributed by atoms with E-state index in [-0.39, 0.29) is 17.9 Å². The van der Waals surface area contributed by atoms with Gasteiger partial charge in [-0.1, -0.05) is 36.9 Å². The SMILES string of the molecule is C=C1/C=C\C(N2CCN(C(C)=O)CC2)=C/CCCN(C(C)C(O)CN2CCc3ccccc3C2)C1=O. The fraction of sp³-hybridized carbons (Fsp3) is 0.517. The molecule has 0 radical (unpaired) electrons. The highest BCUT2D eigenvalue weighted by molar-refractivity contribution is 5.95. The maximum absolute atomic E-state index is 13.3. The maximum atomic E-state index is 13.3. The molecule has 1 saturated heterocycles. The molecule has 194 valence electrons. The zero-order valence-electron chi connectivity index (χ0n) is 21.7. The van der Waals surface area contributed by atoms with Crippen LogP contribution in [-0.2, 0) is 22.6 Å². The van der Waals surface area contributed by atoms with Gasteiger partial charge in [-0.2, -0.15) is 0 Å². The minimum atomic E-state index is -0.636. The Balaban J connectivity index is 1.36. The molecule has 0 bridgehead atoms. The van der Waals surface area contributed by atoms with Crippen molar-refractivity contribution >= 4 is 11.8 Å². The second-order valence-electron chi connectivity index (χ2n) is 10.2. The van der Waals surface area contributed by atoms with Gasteiger partial charge in [0.2, 0.25) is 5.91 Å². The first kappa shape index (κ1) is 26.2. The van der Waals surface area contributed by atoms with Crippen LogP contribution in [0.1, 0.15) is 37.8 Å². The number of aliphatic hydroxyl groups is 1. The summed E-state index contributed by atoms with van der Waals surface area (Å²) in [4.78, 5) is 33.2. The van der Waals surface area contributed by atoms with Gasteiger partial charge in [-0.05, 0) is 49.5 Å². The van der Waals surface area contributed by atoms with Gasteiger partial charge >= 0.3 is 0 Å². The standard InChI is InChI=1S/C29H40N4O3/c1-22-11-12-27(32-18-16-31(17-19-32)24(3)34)10-6-7-14-33(29(22)36)23(2)28(35)21-30-15-13-25-8-4-5-9-26(25)20-30/h4-5,8-12,23,28,35H,1,6-7,13-21H2,2-3H3/b12-11-,27-10+. The predicted octanol–water partition coefficient (Wildman–Crippen LogP) is 2.58. The van der Waals surface area contributed by atoms with E-state index in [1.165, 1.54) is 11.1 Å². The number of amides is 2. The number of rotatable bonds is 5. The number of nitrogens with zero attached hydrogens (tertiary/aromatic N) is 4. The van der Waals surface area contributed by atoms with Crippen molar-refractivity contribution in [3.05, 3.63) is 71.5 Å². The zero-order chi connectivity index (χ0) is 25.7. The first-order valence-corrected chi connectivity index (χ1v) is 13.2. The third-order valence-electron chi connectivity index (χ3n) is 7.74. The number of benzene rings is 1. The molecule has 0 aliphatic carbocycles. The molecule has 2 amide bonds. The van der Waals surface area contributed by atoms with E-state index in [1.54, 1.807) is 17.9 Å². The number of hydrogen-bond donors (Lipinski definition) is 1. The fourth-order valence-corrected chi connectivity index (χ4v) is 5.36. The highest BCUT2D eigenvalue weighted by atomic mass is 16.3. The highest BCUT2D eigenvalue weighted by Crippen LogP contribution is 2.21. The molecule has 2 atom stereocenters. The number of fused-ring (bicyclic) bond motifs is 1. The molecule has 36 heavy (non-hydrogen) atoms. The van der Waals surface area contributed by atoms with Gasteiger partial charge < -0.3 is 19.8 Å². The van der Waals surface area contributed by atoms with E-state index in [2.05, 4.69) is 46.7 Å². The van der Waals surface area contributed by atoms with E-state index < -0.39 is 6.10 Å². The molecule has 1 fully saturated rings. The van der Waals surface area contributed by atoms with Crippen molar-refractivity contribution in [1.82, 2.24) is 19.6 Å². The average molecular weight is 493 g/mol. The molecule has 4 rings (SSSR count). The molecule has 3 aliphatic rings. The summed E-state index contributed by atoms with van der Waals surface area (Å²) in [6, 6.07) is 8.19. The molecule has 1 aromatic carbocycles. The van der Waals surface area contributed by atoms with Gasteiger partial charge in [-0.3, -0.25) is 14.5 Å². The third kappa shape index (κ3) is 6.26. The van der Waals surface area contributed by atoms with Crippen LogP contribution in [0.15, 0.2) is 60.3 Å². The lowest BCUT2D eigenvalue weighted by molar-refractivity contribution is -0.132. The minimum Gasteiger partial charge on any atom is -0.390 e. The number of carbonyl (C=O) groups excluding carboxylic acids is 2. The van der Waals surface area contributed by atoms with Gasteiger partial charge in [-0.25, -0.2) is 0 Å². The van der Waals surface area contributed by atoms with Crippen molar-refractivity contribution in [2.45, 2.75) is 51.8 Å². The van der Waals surface area contributed by atoms with E-state index in [0.29, 0.717) is 31.8 Å². The third-order valence-corrected chi connectivity index (χ3v) is 7.74. The van der Waals surface area contributed by atoms with Crippen LogP contribution in [0.2, 0.25) is 0 Å². The maximum Gasteiger partial charge on any atom is 0.253 e. The lowest BCUT2D eigenvalue weighted by atomic mass is 9.99. The second kappa shape index (κ2) is 11.9. The monoisotopic (exact) mass is 492 g/mol. The predicted molar refractivity (Wildman–Crippen MR) is 142 cm³/mol. The quantitative estimate of drug-likeness (QED) is 0.640. The molecule has 0 saturated carbocycles. The summed E-state index contributed by atoms with van der Waals surface area (Å²) in [7, 11) is 0. The van der Waals surface area contributed by atoms with E-state index >= 15 is 0 Å². The summed E-state index contributed by atoms with van der Waals surface area (Å²) in [5.41, 5.74) is 4.22. The van der Waals surface area contributed by atoms with Crippen LogP contribution < -0.4 is 0 Å². The van der Waals surface area contributed by atoms with Crippen LogP contribution in [0.25, 0.3) is 0 Å². The molecule has 3 heterocycles. The van der Waals surface area contributed by atoms with Crippen molar-refractivity contribution in [2.24, 2.45) is 0 Å². The molecule has 1 N–H and O–H groups in total. The lowest BCUT2D eigenvalue weighted by Crippen LogP contribution is -2.50. The molecule has 0 spiro atoms. The Morgan fingerprint density at radius 1 is 1.06 bits per heavy atom. The lowest BCUT2D eigenvalue weighted by Gasteiger charge is -2.37. The molecule has 2 unspecified atom stereocenters. The van der Waals surface area contributed by atoms with Crippen molar-refractivity contribution in [3.8, 4) is 0 Å². The number of allylic oxidation sites excluding steroid dienone is 2. The number of piperazine rings is 1. The largest absolute Gasteiger partial charge is 0.390 e. The van der Waals surface area contributed by atoms with E-state index in [0.717, 1.165) is 51.1 Å². The normalized spacial score (nSPS) is 24.0. The summed E-state index contributed by atoms with van der Waals surface area (Å²) >= 11 is 0. The van der Waals surface area contributed by atoms with Gasteiger partial charge in [0, 0.05) is 70.6 Å². The summed E-state index contributed by atoms with van der Waals surface area (Å²) in [5.74, 6) is -0.00459. The summed E-state index contributed by atoms with van der Waals surface area (Å²) in [6.45, 7) is 13.5. The Bertz CT molecular complexity index is 1030. The van der Waals surface area contributed by atoms with Gasteiger partial charge in [0.25, 0.3) is 5.91 Å². The van der Waals surface area contributed by atoms with Crippen LogP contribution in [-0.4, -0.2) is 94.5 Å². The molecule has 0 aromatic heterocycles. The van der Waals surface area contributed by atoms with Crippen LogP contribution >= 0.6 is 0 Å². The second-order valence-corrected chi connectivity index (χ2v) is 10.2. The summed E-state index contributed by atoms with van der Waals surface area (Å²) in [5, 5.41) is 11.1. The van der Waals surface area contributed by atoms with Gasteiger partial charge in [0.15, 0.2) is 0 Å².